The van der Waals surface area contributed by atoms with Gasteiger partial charge in [-0.25, -0.2) is 0 Å². The van der Waals surface area contributed by atoms with E-state index in [1.165, 1.54) is 19.4 Å². The van der Waals surface area contributed by atoms with E-state index in [1.807, 2.05) is 0 Å². The summed E-state index contributed by atoms with van der Waals surface area (Å²) < 4.78 is 0. The molecule has 1 saturated heterocycles. The lowest BCUT2D eigenvalue weighted by atomic mass is 9.66. The first-order chi connectivity index (χ1) is 5.16. The van der Waals surface area contributed by atoms with Crippen LogP contribution >= 0.6 is 0 Å². The fourth-order valence-corrected chi connectivity index (χ4v) is 2.39. The Morgan fingerprint density at radius 2 is 1.91 bits per heavy atom. The van der Waals surface area contributed by atoms with Gasteiger partial charge in [0.1, 0.15) is 0 Å². The van der Waals surface area contributed by atoms with Crippen molar-refractivity contribution in [3.05, 3.63) is 0 Å². The van der Waals surface area contributed by atoms with E-state index in [0.717, 1.165) is 12.0 Å². The maximum absolute atomic E-state index is 3.54. The molecule has 1 nitrogen and oxygen atoms in total. The molecule has 0 radical (unpaired) electrons. The van der Waals surface area contributed by atoms with Crippen molar-refractivity contribution in [1.29, 1.82) is 0 Å². The Hall–Kier alpha value is -0.0400. The van der Waals surface area contributed by atoms with Crippen LogP contribution in [0, 0.1) is 11.3 Å². The Bertz CT molecular complexity index is 119. The average Bonchev–Trinajstić information content (AvgIpc) is 1.87. The third-order valence-corrected chi connectivity index (χ3v) is 3.41. The van der Waals surface area contributed by atoms with Crippen LogP contribution in [0.1, 0.15) is 40.5 Å². The van der Waals surface area contributed by atoms with Gasteiger partial charge in [0.05, 0.1) is 0 Å². The molecule has 1 heteroatoms. The summed E-state index contributed by atoms with van der Waals surface area (Å²) in [7, 11) is 0. The predicted molar refractivity (Wildman–Crippen MR) is 49.6 cm³/mol. The lowest BCUT2D eigenvalue weighted by Crippen LogP contribution is -2.64. The average molecular weight is 155 g/mol. The summed E-state index contributed by atoms with van der Waals surface area (Å²) in [5, 5.41) is 3.54. The van der Waals surface area contributed by atoms with Crippen LogP contribution in [0.5, 0.6) is 0 Å². The molecule has 0 bridgehead atoms. The largest absolute Gasteiger partial charge is 0.313 e. The number of rotatable bonds is 3. The number of hydrogen-bond acceptors (Lipinski definition) is 1. The Morgan fingerprint density at radius 3 is 2.00 bits per heavy atom. The van der Waals surface area contributed by atoms with Crippen molar-refractivity contribution < 1.29 is 0 Å². The predicted octanol–water partition coefficient (Wildman–Crippen LogP) is 2.42. The lowest BCUT2D eigenvalue weighted by Gasteiger charge is -2.52. The molecular weight excluding hydrogens is 134 g/mol. The van der Waals surface area contributed by atoms with Crippen LogP contribution in [0.15, 0.2) is 0 Å². The second-order valence-corrected chi connectivity index (χ2v) is 4.17. The highest BCUT2D eigenvalue weighted by Gasteiger charge is 2.44. The fourth-order valence-electron chi connectivity index (χ4n) is 2.39. The molecule has 1 N–H and O–H groups in total. The van der Waals surface area contributed by atoms with Crippen LogP contribution in [0.2, 0.25) is 0 Å². The van der Waals surface area contributed by atoms with Gasteiger partial charge in [-0.15, -0.1) is 0 Å². The van der Waals surface area contributed by atoms with Gasteiger partial charge in [0.15, 0.2) is 0 Å². The molecule has 11 heavy (non-hydrogen) atoms. The summed E-state index contributed by atoms with van der Waals surface area (Å²) in [6, 6.07) is 0.775. The van der Waals surface area contributed by atoms with Crippen molar-refractivity contribution in [2.24, 2.45) is 11.3 Å². The van der Waals surface area contributed by atoms with Crippen LogP contribution in [0.4, 0.5) is 0 Å². The Balaban J connectivity index is 2.56. The van der Waals surface area contributed by atoms with Gasteiger partial charge in [0.2, 0.25) is 0 Å². The summed E-state index contributed by atoms with van der Waals surface area (Å²) >= 11 is 0. The molecular formula is C10H21N. The normalized spacial score (nSPS) is 28.6. The van der Waals surface area contributed by atoms with Gasteiger partial charge in [0, 0.05) is 12.6 Å². The van der Waals surface area contributed by atoms with Crippen LogP contribution < -0.4 is 5.32 Å². The Morgan fingerprint density at radius 1 is 1.36 bits per heavy atom. The Labute approximate surface area is 70.6 Å². The van der Waals surface area contributed by atoms with Crippen molar-refractivity contribution in [2.45, 2.75) is 46.6 Å². The van der Waals surface area contributed by atoms with Gasteiger partial charge >= 0.3 is 0 Å². The van der Waals surface area contributed by atoms with Crippen LogP contribution in [-0.2, 0) is 0 Å². The molecule has 0 aromatic rings. The fraction of sp³-hybridized carbons (Fsp3) is 1.00. The van der Waals surface area contributed by atoms with Crippen molar-refractivity contribution in [3.8, 4) is 0 Å². The van der Waals surface area contributed by atoms with Gasteiger partial charge in [-0.3, -0.25) is 0 Å². The number of nitrogens with one attached hydrogen (secondary N) is 1. The number of hydrogen-bond donors (Lipinski definition) is 1. The van der Waals surface area contributed by atoms with Gasteiger partial charge in [-0.2, -0.15) is 0 Å². The summed E-state index contributed by atoms with van der Waals surface area (Å²) in [6.45, 7) is 10.5. The van der Waals surface area contributed by atoms with Crippen molar-refractivity contribution >= 4 is 0 Å². The highest BCUT2D eigenvalue weighted by Crippen LogP contribution is 2.39. The quantitative estimate of drug-likeness (QED) is 0.660. The molecule has 1 aliphatic heterocycles. The van der Waals surface area contributed by atoms with E-state index in [4.69, 9.17) is 0 Å². The van der Waals surface area contributed by atoms with Crippen LogP contribution in [0.3, 0.4) is 0 Å². The van der Waals surface area contributed by atoms with Crippen LogP contribution in [0.25, 0.3) is 0 Å². The zero-order valence-electron chi connectivity index (χ0n) is 8.28. The second kappa shape index (κ2) is 3.14. The summed E-state index contributed by atoms with van der Waals surface area (Å²) in [6.07, 6.45) is 2.67. The van der Waals surface area contributed by atoms with Gasteiger partial charge in [-0.1, -0.05) is 27.7 Å². The molecule has 1 atom stereocenters. The van der Waals surface area contributed by atoms with E-state index < -0.39 is 0 Å². The van der Waals surface area contributed by atoms with Gasteiger partial charge < -0.3 is 5.32 Å². The topological polar surface area (TPSA) is 12.0 Å². The van der Waals surface area contributed by atoms with Crippen molar-refractivity contribution in [3.63, 3.8) is 0 Å². The first-order valence-corrected chi connectivity index (χ1v) is 4.89. The SMILES string of the molecule is CCC1(CC)CNC1C(C)C. The standard InChI is InChI=1S/C10H21N/c1-5-10(6-2)7-11-9(10)8(3)4/h8-9,11H,5-7H2,1-4H3. The van der Waals surface area contributed by atoms with E-state index >= 15 is 0 Å². The monoisotopic (exact) mass is 155 g/mol. The van der Waals surface area contributed by atoms with E-state index in [-0.39, 0.29) is 0 Å². The summed E-state index contributed by atoms with van der Waals surface area (Å²) in [5.41, 5.74) is 0.633. The molecule has 1 aliphatic rings. The van der Waals surface area contributed by atoms with E-state index in [2.05, 4.69) is 33.0 Å². The zero-order valence-corrected chi connectivity index (χ0v) is 8.28. The smallest absolute Gasteiger partial charge is 0.0159 e. The molecule has 1 rings (SSSR count). The highest BCUT2D eigenvalue weighted by atomic mass is 15.0. The maximum Gasteiger partial charge on any atom is 0.0159 e. The molecule has 66 valence electrons. The molecule has 0 aliphatic carbocycles. The van der Waals surface area contributed by atoms with Crippen LogP contribution in [-0.4, -0.2) is 12.6 Å². The summed E-state index contributed by atoms with van der Waals surface area (Å²) in [4.78, 5) is 0. The van der Waals surface area contributed by atoms with E-state index in [0.29, 0.717) is 5.41 Å². The molecule has 0 saturated carbocycles. The van der Waals surface area contributed by atoms with E-state index in [1.54, 1.807) is 0 Å². The van der Waals surface area contributed by atoms with Gasteiger partial charge in [0.25, 0.3) is 0 Å². The second-order valence-electron chi connectivity index (χ2n) is 4.17. The third-order valence-electron chi connectivity index (χ3n) is 3.41. The molecule has 0 spiro atoms. The third kappa shape index (κ3) is 1.31. The van der Waals surface area contributed by atoms with Crippen molar-refractivity contribution in [2.75, 3.05) is 6.54 Å². The highest BCUT2D eigenvalue weighted by molar-refractivity contribution is 5.01. The minimum absolute atomic E-state index is 0.633. The minimum Gasteiger partial charge on any atom is -0.313 e. The van der Waals surface area contributed by atoms with E-state index in [9.17, 15) is 0 Å². The molecule has 0 aromatic heterocycles. The maximum atomic E-state index is 3.54. The lowest BCUT2D eigenvalue weighted by molar-refractivity contribution is 0.0401. The Kier molecular flexibility index (Phi) is 2.58. The van der Waals surface area contributed by atoms with Crippen molar-refractivity contribution in [1.82, 2.24) is 5.32 Å². The molecule has 0 aromatic carbocycles. The first-order valence-electron chi connectivity index (χ1n) is 4.89. The molecule has 1 unspecified atom stereocenters. The first kappa shape index (κ1) is 9.05. The summed E-state index contributed by atoms with van der Waals surface area (Å²) in [5.74, 6) is 0.795. The molecule has 1 heterocycles. The van der Waals surface area contributed by atoms with Gasteiger partial charge in [-0.05, 0) is 24.2 Å². The minimum atomic E-state index is 0.633. The zero-order chi connectivity index (χ0) is 8.48. The molecule has 0 amide bonds. The molecule has 1 fully saturated rings.